The summed E-state index contributed by atoms with van der Waals surface area (Å²) >= 11 is 0. The Morgan fingerprint density at radius 1 is 1.32 bits per heavy atom. The summed E-state index contributed by atoms with van der Waals surface area (Å²) in [6.07, 6.45) is 5.42. The second kappa shape index (κ2) is 6.29. The smallest absolute Gasteiger partial charge is 0.322 e. The van der Waals surface area contributed by atoms with Crippen LogP contribution in [-0.2, 0) is 13.0 Å². The number of nitrogens with two attached hydrogens (primary N) is 1. The van der Waals surface area contributed by atoms with Crippen molar-refractivity contribution in [1.82, 2.24) is 9.55 Å². The molecule has 0 saturated carbocycles. The summed E-state index contributed by atoms with van der Waals surface area (Å²) in [5.74, 6) is 0. The van der Waals surface area contributed by atoms with Gasteiger partial charge in [-0.05, 0) is 23.6 Å². The number of aromatic nitrogens is 2. The number of rotatable bonds is 5. The summed E-state index contributed by atoms with van der Waals surface area (Å²) < 4.78 is 1.53. The molecule has 0 saturated heterocycles. The van der Waals surface area contributed by atoms with Crippen molar-refractivity contribution in [1.29, 1.82) is 0 Å². The molecule has 4 heteroatoms. The van der Waals surface area contributed by atoms with Crippen LogP contribution in [0.15, 0.2) is 47.5 Å². The lowest BCUT2D eigenvalue weighted by Crippen LogP contribution is -2.27. The average molecular weight is 257 g/mol. The minimum atomic E-state index is -0.263. The fourth-order valence-electron chi connectivity index (χ4n) is 2.06. The molecule has 1 aromatic carbocycles. The maximum Gasteiger partial charge on any atom is 0.347 e. The van der Waals surface area contributed by atoms with Crippen LogP contribution >= 0.6 is 0 Å². The number of benzene rings is 1. The lowest BCUT2D eigenvalue weighted by atomic mass is 10.0. The Morgan fingerprint density at radius 3 is 2.68 bits per heavy atom. The third-order valence-corrected chi connectivity index (χ3v) is 3.12. The Balaban J connectivity index is 2.09. The van der Waals surface area contributed by atoms with Crippen LogP contribution in [-0.4, -0.2) is 9.55 Å². The van der Waals surface area contributed by atoms with Crippen molar-refractivity contribution in [3.63, 3.8) is 0 Å². The molecule has 0 aliphatic rings. The van der Waals surface area contributed by atoms with Crippen LogP contribution in [0, 0.1) is 0 Å². The van der Waals surface area contributed by atoms with Gasteiger partial charge in [-0.15, -0.1) is 0 Å². The van der Waals surface area contributed by atoms with Gasteiger partial charge in [0.05, 0.1) is 0 Å². The van der Waals surface area contributed by atoms with Crippen molar-refractivity contribution >= 4 is 0 Å². The van der Waals surface area contributed by atoms with E-state index in [0.717, 1.165) is 18.4 Å². The van der Waals surface area contributed by atoms with Crippen LogP contribution in [0.4, 0.5) is 0 Å². The predicted molar refractivity (Wildman–Crippen MR) is 75.9 cm³/mol. The van der Waals surface area contributed by atoms with Gasteiger partial charge in [-0.3, -0.25) is 4.57 Å². The van der Waals surface area contributed by atoms with Gasteiger partial charge in [0.1, 0.15) is 0 Å². The Bertz CT molecular complexity index is 574. The van der Waals surface area contributed by atoms with Crippen molar-refractivity contribution in [2.75, 3.05) is 0 Å². The number of nitrogens with zero attached hydrogens (tertiary/aromatic N) is 2. The lowest BCUT2D eigenvalue weighted by Gasteiger charge is -2.13. The fraction of sp³-hybridized carbons (Fsp3) is 0.333. The molecular formula is C15H19N3O. The molecule has 0 radical (unpaired) electrons. The minimum Gasteiger partial charge on any atom is -0.322 e. The Morgan fingerprint density at radius 2 is 2.05 bits per heavy atom. The first-order valence-electron chi connectivity index (χ1n) is 6.56. The van der Waals surface area contributed by atoms with Gasteiger partial charge in [0.2, 0.25) is 0 Å². The van der Waals surface area contributed by atoms with Gasteiger partial charge in [-0.1, -0.05) is 37.6 Å². The molecule has 2 aromatic rings. The van der Waals surface area contributed by atoms with Gasteiger partial charge in [0, 0.05) is 25.0 Å². The van der Waals surface area contributed by atoms with Crippen LogP contribution in [0.1, 0.15) is 30.5 Å². The van der Waals surface area contributed by atoms with Crippen LogP contribution in [0.3, 0.4) is 0 Å². The van der Waals surface area contributed by atoms with E-state index < -0.39 is 0 Å². The summed E-state index contributed by atoms with van der Waals surface area (Å²) in [5, 5.41) is 0. The van der Waals surface area contributed by atoms with Crippen molar-refractivity contribution in [3.05, 3.63) is 64.3 Å². The topological polar surface area (TPSA) is 60.9 Å². The zero-order valence-electron chi connectivity index (χ0n) is 11.1. The molecule has 0 spiro atoms. The highest BCUT2D eigenvalue weighted by molar-refractivity contribution is 5.24. The summed E-state index contributed by atoms with van der Waals surface area (Å²) in [4.78, 5) is 15.2. The third kappa shape index (κ3) is 3.51. The van der Waals surface area contributed by atoms with Crippen molar-refractivity contribution in [3.8, 4) is 0 Å². The molecule has 1 atom stereocenters. The monoisotopic (exact) mass is 257 g/mol. The molecule has 100 valence electrons. The van der Waals surface area contributed by atoms with Gasteiger partial charge >= 0.3 is 5.69 Å². The summed E-state index contributed by atoms with van der Waals surface area (Å²) in [6, 6.07) is 9.82. The van der Waals surface area contributed by atoms with Crippen molar-refractivity contribution in [2.24, 2.45) is 5.73 Å². The third-order valence-electron chi connectivity index (χ3n) is 3.12. The molecule has 19 heavy (non-hydrogen) atoms. The fourth-order valence-corrected chi connectivity index (χ4v) is 2.06. The molecule has 1 heterocycles. The van der Waals surface area contributed by atoms with Gasteiger partial charge in [-0.25, -0.2) is 9.78 Å². The van der Waals surface area contributed by atoms with Gasteiger partial charge in [0.15, 0.2) is 0 Å². The predicted octanol–water partition coefficient (Wildman–Crippen LogP) is 1.90. The number of aryl methyl sites for hydroxylation is 1. The second-order valence-corrected chi connectivity index (χ2v) is 4.65. The van der Waals surface area contributed by atoms with Crippen LogP contribution < -0.4 is 11.4 Å². The minimum absolute atomic E-state index is 0.197. The van der Waals surface area contributed by atoms with E-state index in [2.05, 4.69) is 24.0 Å². The first-order chi connectivity index (χ1) is 9.20. The van der Waals surface area contributed by atoms with Gasteiger partial charge < -0.3 is 5.73 Å². The van der Waals surface area contributed by atoms with Gasteiger partial charge in [0.25, 0.3) is 0 Å². The molecule has 0 bridgehead atoms. The summed E-state index contributed by atoms with van der Waals surface area (Å²) in [6.45, 7) is 2.61. The van der Waals surface area contributed by atoms with Crippen LogP contribution in [0.2, 0.25) is 0 Å². The standard InChI is InChI=1S/C15H19N3O/c1-2-4-12-5-7-13(8-6-12)14(16)11-18-10-3-9-17-15(18)19/h3,5-10,14H,2,4,11,16H2,1H3. The first-order valence-corrected chi connectivity index (χ1v) is 6.56. The highest BCUT2D eigenvalue weighted by Crippen LogP contribution is 2.14. The van der Waals surface area contributed by atoms with E-state index >= 15 is 0 Å². The van der Waals surface area contributed by atoms with Crippen molar-refractivity contribution in [2.45, 2.75) is 32.4 Å². The molecular weight excluding hydrogens is 238 g/mol. The molecule has 0 amide bonds. The normalized spacial score (nSPS) is 12.3. The van der Waals surface area contributed by atoms with Crippen LogP contribution in [0.25, 0.3) is 0 Å². The number of hydrogen-bond donors (Lipinski definition) is 1. The van der Waals surface area contributed by atoms with E-state index in [1.54, 1.807) is 12.3 Å². The maximum atomic E-state index is 11.5. The van der Waals surface area contributed by atoms with E-state index in [1.807, 2.05) is 12.1 Å². The zero-order chi connectivity index (χ0) is 13.7. The van der Waals surface area contributed by atoms with E-state index in [9.17, 15) is 4.79 Å². The highest BCUT2D eigenvalue weighted by atomic mass is 16.1. The molecule has 0 aliphatic heterocycles. The largest absolute Gasteiger partial charge is 0.347 e. The molecule has 2 rings (SSSR count). The van der Waals surface area contributed by atoms with E-state index in [1.165, 1.54) is 16.3 Å². The molecule has 1 aromatic heterocycles. The zero-order valence-corrected chi connectivity index (χ0v) is 11.1. The molecule has 0 fully saturated rings. The Labute approximate surface area is 112 Å². The second-order valence-electron chi connectivity index (χ2n) is 4.65. The Hall–Kier alpha value is -1.94. The maximum absolute atomic E-state index is 11.5. The lowest BCUT2D eigenvalue weighted by molar-refractivity contribution is 0.551. The van der Waals surface area contributed by atoms with E-state index in [-0.39, 0.29) is 11.7 Å². The highest BCUT2D eigenvalue weighted by Gasteiger charge is 2.07. The molecule has 0 aliphatic carbocycles. The van der Waals surface area contributed by atoms with E-state index in [0.29, 0.717) is 6.54 Å². The Kier molecular flexibility index (Phi) is 4.47. The average Bonchev–Trinajstić information content (AvgIpc) is 2.42. The molecule has 4 nitrogen and oxygen atoms in total. The van der Waals surface area contributed by atoms with Gasteiger partial charge in [-0.2, -0.15) is 0 Å². The van der Waals surface area contributed by atoms with Crippen molar-refractivity contribution < 1.29 is 0 Å². The number of hydrogen-bond acceptors (Lipinski definition) is 3. The summed E-state index contributed by atoms with van der Waals surface area (Å²) in [7, 11) is 0. The van der Waals surface area contributed by atoms with E-state index in [4.69, 9.17) is 5.73 Å². The quantitative estimate of drug-likeness (QED) is 0.889. The van der Waals surface area contributed by atoms with Crippen LogP contribution in [0.5, 0.6) is 0 Å². The molecule has 1 unspecified atom stereocenters. The molecule has 2 N–H and O–H groups in total. The summed E-state index contributed by atoms with van der Waals surface area (Å²) in [5.41, 5.74) is 8.22. The first kappa shape index (κ1) is 13.5. The SMILES string of the molecule is CCCc1ccc(C(N)Cn2cccnc2=O)cc1.